The van der Waals surface area contributed by atoms with Crippen LogP contribution in [0.25, 0.3) is 6.08 Å². The second-order valence-electron chi connectivity index (χ2n) is 5.61. The Morgan fingerprint density at radius 3 is 2.44 bits per heavy atom. The van der Waals surface area contributed by atoms with Gasteiger partial charge in [0.1, 0.15) is 5.82 Å². The van der Waals surface area contributed by atoms with Gasteiger partial charge in [0, 0.05) is 17.3 Å². The summed E-state index contributed by atoms with van der Waals surface area (Å²) < 4.78 is 18.4. The Labute approximate surface area is 159 Å². The number of esters is 1. The number of ether oxygens (including phenoxy) is 1. The molecule has 3 rings (SSSR count). The molecule has 6 heteroatoms. The summed E-state index contributed by atoms with van der Waals surface area (Å²) in [7, 11) is 0. The molecule has 0 bridgehead atoms. The Balaban J connectivity index is 1.75. The fourth-order valence-corrected chi connectivity index (χ4v) is 2.96. The molecule has 0 aliphatic carbocycles. The van der Waals surface area contributed by atoms with E-state index >= 15 is 0 Å². The van der Waals surface area contributed by atoms with Crippen molar-refractivity contribution in [3.05, 3.63) is 94.4 Å². The first-order valence-corrected chi connectivity index (χ1v) is 9.08. The highest BCUT2D eigenvalue weighted by Gasteiger charge is 2.24. The van der Waals surface area contributed by atoms with E-state index in [-0.39, 0.29) is 0 Å². The predicted octanol–water partition coefficient (Wildman–Crippen LogP) is 4.82. The van der Waals surface area contributed by atoms with Crippen molar-refractivity contribution in [3.63, 3.8) is 0 Å². The van der Waals surface area contributed by atoms with E-state index in [9.17, 15) is 14.0 Å². The molecular weight excluding hydrogens is 365 g/mol. The van der Waals surface area contributed by atoms with E-state index in [2.05, 4.69) is 5.32 Å². The number of hydrogen-bond donors (Lipinski definition) is 1. The van der Waals surface area contributed by atoms with Gasteiger partial charge in [0.15, 0.2) is 0 Å². The summed E-state index contributed by atoms with van der Waals surface area (Å²) in [6, 6.07) is 15.9. The van der Waals surface area contributed by atoms with Gasteiger partial charge in [-0.05, 0) is 52.7 Å². The van der Waals surface area contributed by atoms with Gasteiger partial charge < -0.3 is 10.1 Å². The zero-order chi connectivity index (χ0) is 19.1. The summed E-state index contributed by atoms with van der Waals surface area (Å²) in [6.45, 7) is 0. The van der Waals surface area contributed by atoms with Crippen LogP contribution in [-0.2, 0) is 14.3 Å². The minimum Gasteiger partial charge on any atom is -0.444 e. The van der Waals surface area contributed by atoms with Gasteiger partial charge in [0.2, 0.25) is 6.10 Å². The monoisotopic (exact) mass is 381 g/mol. The minimum atomic E-state index is -1.13. The minimum absolute atomic E-state index is 0.405. The average Bonchev–Trinajstić information content (AvgIpc) is 3.20. The van der Waals surface area contributed by atoms with E-state index in [4.69, 9.17) is 4.74 Å². The molecule has 0 spiro atoms. The van der Waals surface area contributed by atoms with Gasteiger partial charge in [-0.2, -0.15) is 11.3 Å². The molecule has 2 aromatic carbocycles. The molecule has 1 atom stereocenters. The second-order valence-corrected chi connectivity index (χ2v) is 6.39. The molecule has 0 unspecified atom stereocenters. The van der Waals surface area contributed by atoms with E-state index in [0.29, 0.717) is 11.3 Å². The Hall–Kier alpha value is -3.25. The largest absolute Gasteiger partial charge is 0.444 e. The van der Waals surface area contributed by atoms with Crippen LogP contribution in [0.1, 0.15) is 17.2 Å². The van der Waals surface area contributed by atoms with E-state index < -0.39 is 23.8 Å². The van der Waals surface area contributed by atoms with Crippen LogP contribution < -0.4 is 5.32 Å². The number of thiophene rings is 1. The Morgan fingerprint density at radius 1 is 1.04 bits per heavy atom. The van der Waals surface area contributed by atoms with Crippen LogP contribution in [0.15, 0.2) is 77.5 Å². The first-order valence-electron chi connectivity index (χ1n) is 8.14. The van der Waals surface area contributed by atoms with E-state index in [1.165, 1.54) is 41.7 Å². The van der Waals surface area contributed by atoms with E-state index in [1.54, 1.807) is 36.4 Å². The first kappa shape index (κ1) is 18.5. The summed E-state index contributed by atoms with van der Waals surface area (Å²) in [5.74, 6) is -1.56. The summed E-state index contributed by atoms with van der Waals surface area (Å²) in [4.78, 5) is 24.9. The van der Waals surface area contributed by atoms with Crippen molar-refractivity contribution in [3.8, 4) is 0 Å². The van der Waals surface area contributed by atoms with Crippen LogP contribution in [0, 0.1) is 5.82 Å². The van der Waals surface area contributed by atoms with Gasteiger partial charge >= 0.3 is 5.97 Å². The third kappa shape index (κ3) is 5.36. The standard InChI is InChI=1S/C21H16FNO3S/c22-17-7-9-18(10-8-17)23-21(25)20(16-4-2-1-3-5-16)26-19(24)11-6-15-12-13-27-14-15/h1-14,20H,(H,23,25)/b11-6+/t20-/m0/s1. The number of hydrogen-bond acceptors (Lipinski definition) is 4. The second kappa shape index (κ2) is 8.91. The molecule has 0 aliphatic heterocycles. The summed E-state index contributed by atoms with van der Waals surface area (Å²) in [5, 5.41) is 6.42. The third-order valence-electron chi connectivity index (χ3n) is 3.64. The number of carbonyl (C=O) groups is 2. The van der Waals surface area contributed by atoms with E-state index in [1.807, 2.05) is 16.8 Å². The van der Waals surface area contributed by atoms with Gasteiger partial charge in [-0.25, -0.2) is 9.18 Å². The Morgan fingerprint density at radius 2 is 1.78 bits per heavy atom. The quantitative estimate of drug-likeness (QED) is 0.492. The van der Waals surface area contributed by atoms with Crippen molar-refractivity contribution in [2.45, 2.75) is 6.10 Å². The SMILES string of the molecule is O=C(/C=C/c1ccsc1)O[C@H](C(=O)Nc1ccc(F)cc1)c1ccccc1. The zero-order valence-corrected chi connectivity index (χ0v) is 15.0. The molecule has 3 aromatic rings. The van der Waals surface area contributed by atoms with Crippen molar-refractivity contribution in [1.82, 2.24) is 0 Å². The number of benzene rings is 2. The van der Waals surface area contributed by atoms with Gasteiger partial charge in [0.25, 0.3) is 5.91 Å². The molecule has 0 radical (unpaired) electrons. The van der Waals surface area contributed by atoms with Crippen LogP contribution in [0.5, 0.6) is 0 Å². The summed E-state index contributed by atoms with van der Waals surface area (Å²) in [5.41, 5.74) is 1.82. The molecule has 136 valence electrons. The van der Waals surface area contributed by atoms with Gasteiger partial charge in [-0.15, -0.1) is 0 Å². The summed E-state index contributed by atoms with van der Waals surface area (Å²) >= 11 is 1.51. The van der Waals surface area contributed by atoms with Crippen LogP contribution in [0.4, 0.5) is 10.1 Å². The molecule has 1 N–H and O–H groups in total. The molecule has 1 aromatic heterocycles. The fourth-order valence-electron chi connectivity index (χ4n) is 2.33. The fraction of sp³-hybridized carbons (Fsp3) is 0.0476. The third-order valence-corrected chi connectivity index (χ3v) is 4.34. The molecule has 1 amide bonds. The van der Waals surface area contributed by atoms with Crippen LogP contribution in [-0.4, -0.2) is 11.9 Å². The lowest BCUT2D eigenvalue weighted by Gasteiger charge is -2.17. The molecule has 0 saturated carbocycles. The maximum atomic E-state index is 13.0. The van der Waals surface area contributed by atoms with E-state index in [0.717, 1.165) is 5.56 Å². The van der Waals surface area contributed by atoms with Crippen LogP contribution in [0.2, 0.25) is 0 Å². The van der Waals surface area contributed by atoms with Crippen molar-refractivity contribution in [1.29, 1.82) is 0 Å². The van der Waals surface area contributed by atoms with Crippen molar-refractivity contribution < 1.29 is 18.7 Å². The molecule has 1 heterocycles. The lowest BCUT2D eigenvalue weighted by Crippen LogP contribution is -2.25. The van der Waals surface area contributed by atoms with Gasteiger partial charge in [-0.1, -0.05) is 30.3 Å². The Kier molecular flexibility index (Phi) is 6.12. The number of amides is 1. The smallest absolute Gasteiger partial charge is 0.331 e. The molecule has 0 fully saturated rings. The lowest BCUT2D eigenvalue weighted by atomic mass is 10.1. The number of nitrogens with one attached hydrogen (secondary N) is 1. The van der Waals surface area contributed by atoms with Gasteiger partial charge in [-0.3, -0.25) is 4.79 Å². The average molecular weight is 381 g/mol. The number of anilines is 1. The topological polar surface area (TPSA) is 55.4 Å². The summed E-state index contributed by atoms with van der Waals surface area (Å²) in [6.07, 6.45) is 1.78. The maximum absolute atomic E-state index is 13.0. The highest BCUT2D eigenvalue weighted by Crippen LogP contribution is 2.21. The number of rotatable bonds is 6. The zero-order valence-electron chi connectivity index (χ0n) is 14.2. The predicted molar refractivity (Wildman–Crippen MR) is 104 cm³/mol. The number of halogens is 1. The highest BCUT2D eigenvalue weighted by atomic mass is 32.1. The molecule has 27 heavy (non-hydrogen) atoms. The van der Waals surface area contributed by atoms with Crippen molar-refractivity contribution in [2.75, 3.05) is 5.32 Å². The molecule has 0 aliphatic rings. The maximum Gasteiger partial charge on any atom is 0.331 e. The van der Waals surface area contributed by atoms with Crippen molar-refractivity contribution >= 4 is 35.0 Å². The molecular formula is C21H16FNO3S. The lowest BCUT2D eigenvalue weighted by molar-refractivity contribution is -0.149. The first-order chi connectivity index (χ1) is 13.1. The van der Waals surface area contributed by atoms with Crippen LogP contribution >= 0.6 is 11.3 Å². The molecule has 4 nitrogen and oxygen atoms in total. The normalized spacial score (nSPS) is 11.9. The van der Waals surface area contributed by atoms with Crippen LogP contribution in [0.3, 0.4) is 0 Å². The van der Waals surface area contributed by atoms with Crippen molar-refractivity contribution in [2.24, 2.45) is 0 Å². The number of carbonyl (C=O) groups excluding carboxylic acids is 2. The van der Waals surface area contributed by atoms with Gasteiger partial charge in [0.05, 0.1) is 0 Å². The molecule has 0 saturated heterocycles. The highest BCUT2D eigenvalue weighted by molar-refractivity contribution is 7.08. The Bertz CT molecular complexity index is 922.